The quantitative estimate of drug-likeness (QED) is 0.602. The number of halogens is 2. The molecule has 2 N–H and O–H groups in total. The van der Waals surface area contributed by atoms with Crippen LogP contribution in [0.15, 0.2) is 58.3 Å². The summed E-state index contributed by atoms with van der Waals surface area (Å²) in [5, 5.41) is 9.00. The van der Waals surface area contributed by atoms with Gasteiger partial charge in [-0.15, -0.1) is 0 Å². The minimum atomic E-state index is -3.81. The molecule has 200 valence electrons. The Morgan fingerprint density at radius 2 is 1.22 bits per heavy atom. The standard InChI is InChI=1S/C12H15FN2O3S.C12H13FN2O2S/c13-9-4-6-10(7-5-9)19(17,18)15-8-2-1-3-11(15)12(14)16;13-10-4-6-12(7-5-10)18(16,17)15-8-2-1-3-11(15)9-14/h4-7,11H,1-3,8H2,(H2,14,16);4-7,11H,1-3,8H2/t2*11-/m00/s1. The molecule has 0 unspecified atom stereocenters. The first kappa shape index (κ1) is 28.6. The number of rotatable bonds is 5. The molecule has 2 atom stereocenters. The smallest absolute Gasteiger partial charge is 0.244 e. The van der Waals surface area contributed by atoms with E-state index in [1.807, 2.05) is 6.07 Å². The summed E-state index contributed by atoms with van der Waals surface area (Å²) in [6.07, 6.45) is 4.03. The Morgan fingerprint density at radius 1 is 0.784 bits per heavy atom. The third kappa shape index (κ3) is 6.70. The fraction of sp³-hybridized carbons (Fsp3) is 0.417. The molecule has 2 aliphatic heterocycles. The van der Waals surface area contributed by atoms with Gasteiger partial charge in [0.1, 0.15) is 23.7 Å². The number of sulfonamides is 2. The van der Waals surface area contributed by atoms with Crippen LogP contribution in [0.2, 0.25) is 0 Å². The Bertz CT molecular complexity index is 1350. The number of nitrogens with two attached hydrogens (primary N) is 1. The number of hydrogen-bond acceptors (Lipinski definition) is 6. The van der Waals surface area contributed by atoms with Crippen molar-refractivity contribution in [2.24, 2.45) is 5.73 Å². The fourth-order valence-corrected chi connectivity index (χ4v) is 7.56. The first-order valence-electron chi connectivity index (χ1n) is 11.7. The maximum atomic E-state index is 12.8. The Morgan fingerprint density at radius 3 is 1.68 bits per heavy atom. The van der Waals surface area contributed by atoms with Gasteiger partial charge >= 0.3 is 0 Å². The first-order valence-corrected chi connectivity index (χ1v) is 14.6. The molecular weight excluding hydrogens is 526 g/mol. The average Bonchev–Trinajstić information content (AvgIpc) is 2.89. The van der Waals surface area contributed by atoms with Crippen LogP contribution >= 0.6 is 0 Å². The van der Waals surface area contributed by atoms with Gasteiger partial charge in [-0.3, -0.25) is 4.79 Å². The van der Waals surface area contributed by atoms with Crippen molar-refractivity contribution >= 4 is 26.0 Å². The maximum absolute atomic E-state index is 12.8. The molecule has 2 heterocycles. The van der Waals surface area contributed by atoms with Crippen LogP contribution in [0, 0.1) is 23.0 Å². The van der Waals surface area contributed by atoms with Gasteiger partial charge in [-0.25, -0.2) is 25.6 Å². The number of benzene rings is 2. The topological polar surface area (TPSA) is 142 Å². The van der Waals surface area contributed by atoms with Crippen LogP contribution in [0.25, 0.3) is 0 Å². The molecule has 4 rings (SSSR count). The number of primary amides is 1. The second-order valence-electron chi connectivity index (χ2n) is 8.69. The summed E-state index contributed by atoms with van der Waals surface area (Å²) in [5.74, 6) is -1.64. The molecular formula is C24H28F2N4O5S2. The zero-order valence-electron chi connectivity index (χ0n) is 20.0. The van der Waals surface area contributed by atoms with Crippen LogP contribution in [0.5, 0.6) is 0 Å². The van der Waals surface area contributed by atoms with Gasteiger partial charge in [-0.2, -0.15) is 13.9 Å². The molecule has 37 heavy (non-hydrogen) atoms. The Labute approximate surface area is 215 Å². The third-order valence-electron chi connectivity index (χ3n) is 6.23. The van der Waals surface area contributed by atoms with E-state index in [9.17, 15) is 30.4 Å². The molecule has 1 amide bonds. The zero-order chi connectivity index (χ0) is 27.2. The molecule has 13 heteroatoms. The summed E-state index contributed by atoms with van der Waals surface area (Å²) in [4.78, 5) is 11.4. The normalized spacial score (nSPS) is 21.3. The molecule has 2 aliphatic rings. The minimum Gasteiger partial charge on any atom is -0.368 e. The van der Waals surface area contributed by atoms with Gasteiger partial charge in [0.15, 0.2) is 0 Å². The van der Waals surface area contributed by atoms with E-state index in [0.29, 0.717) is 25.8 Å². The van der Waals surface area contributed by atoms with Crippen LogP contribution in [0.1, 0.15) is 38.5 Å². The highest BCUT2D eigenvalue weighted by atomic mass is 32.2. The molecule has 2 saturated heterocycles. The number of piperidine rings is 2. The van der Waals surface area contributed by atoms with Gasteiger partial charge < -0.3 is 5.73 Å². The number of amides is 1. The summed E-state index contributed by atoms with van der Waals surface area (Å²) < 4.78 is 77.4. The average molecular weight is 555 g/mol. The van der Waals surface area contributed by atoms with E-state index in [1.54, 1.807) is 0 Å². The second-order valence-corrected chi connectivity index (χ2v) is 12.5. The number of carbonyl (C=O) groups excluding carboxylic acids is 1. The highest BCUT2D eigenvalue weighted by Crippen LogP contribution is 2.26. The van der Waals surface area contributed by atoms with Crippen LogP contribution < -0.4 is 5.73 Å². The highest BCUT2D eigenvalue weighted by molar-refractivity contribution is 7.89. The largest absolute Gasteiger partial charge is 0.368 e. The Hall–Kier alpha value is -2.92. The molecule has 0 saturated carbocycles. The lowest BCUT2D eigenvalue weighted by atomic mass is 10.0. The molecule has 2 aromatic rings. The van der Waals surface area contributed by atoms with Crippen molar-refractivity contribution in [3.8, 4) is 6.07 Å². The van der Waals surface area contributed by atoms with E-state index in [4.69, 9.17) is 11.0 Å². The predicted octanol–water partition coefficient (Wildman–Crippen LogP) is 2.75. The first-order chi connectivity index (χ1) is 17.5. The highest BCUT2D eigenvalue weighted by Gasteiger charge is 2.36. The van der Waals surface area contributed by atoms with Crippen molar-refractivity contribution in [2.45, 2.75) is 60.4 Å². The van der Waals surface area contributed by atoms with E-state index in [1.165, 1.54) is 28.6 Å². The van der Waals surface area contributed by atoms with Gasteiger partial charge in [0.2, 0.25) is 26.0 Å². The fourth-order valence-electron chi connectivity index (χ4n) is 4.28. The van der Waals surface area contributed by atoms with Crippen molar-refractivity contribution in [1.29, 1.82) is 5.26 Å². The Kier molecular flexibility index (Phi) is 9.36. The SMILES string of the molecule is N#C[C@@H]1CCCCN1S(=O)(=O)c1ccc(F)cc1.NC(=O)[C@@H]1CCCCN1S(=O)(=O)c1ccc(F)cc1. The Balaban J connectivity index is 0.000000206. The van der Waals surface area contributed by atoms with Crippen LogP contribution in [0.3, 0.4) is 0 Å². The predicted molar refractivity (Wildman–Crippen MR) is 131 cm³/mol. The molecule has 0 spiro atoms. The summed E-state index contributed by atoms with van der Waals surface area (Å²) in [6, 6.07) is 9.80. The number of hydrogen-bond donors (Lipinski definition) is 1. The maximum Gasteiger partial charge on any atom is 0.244 e. The zero-order valence-corrected chi connectivity index (χ0v) is 21.6. The van der Waals surface area contributed by atoms with E-state index >= 15 is 0 Å². The van der Waals surface area contributed by atoms with E-state index in [0.717, 1.165) is 47.8 Å². The van der Waals surface area contributed by atoms with Gasteiger partial charge in [0.05, 0.1) is 15.9 Å². The van der Waals surface area contributed by atoms with Gasteiger partial charge in [0, 0.05) is 13.1 Å². The van der Waals surface area contributed by atoms with Crippen LogP contribution in [-0.2, 0) is 24.8 Å². The third-order valence-corrected chi connectivity index (χ3v) is 10.1. The van der Waals surface area contributed by atoms with Crippen molar-refractivity contribution in [3.63, 3.8) is 0 Å². The lowest BCUT2D eigenvalue weighted by Gasteiger charge is -2.32. The van der Waals surface area contributed by atoms with Gasteiger partial charge in [-0.05, 0) is 80.6 Å². The van der Waals surface area contributed by atoms with Crippen LogP contribution in [-0.4, -0.2) is 56.5 Å². The minimum absolute atomic E-state index is 0.0259. The number of nitriles is 1. The molecule has 0 aromatic heterocycles. The summed E-state index contributed by atoms with van der Waals surface area (Å²) in [7, 11) is -7.50. The van der Waals surface area contributed by atoms with Crippen molar-refractivity contribution < 1.29 is 30.4 Å². The van der Waals surface area contributed by atoms with Crippen molar-refractivity contribution in [3.05, 3.63) is 60.2 Å². The number of nitrogens with zero attached hydrogens (tertiary/aromatic N) is 3. The lowest BCUT2D eigenvalue weighted by Crippen LogP contribution is -2.50. The number of carbonyl (C=O) groups is 1. The van der Waals surface area contributed by atoms with E-state index < -0.39 is 49.7 Å². The lowest BCUT2D eigenvalue weighted by molar-refractivity contribution is -0.122. The molecule has 0 aliphatic carbocycles. The van der Waals surface area contributed by atoms with Crippen molar-refractivity contribution in [1.82, 2.24) is 8.61 Å². The van der Waals surface area contributed by atoms with Crippen molar-refractivity contribution in [2.75, 3.05) is 13.1 Å². The van der Waals surface area contributed by atoms with E-state index in [-0.39, 0.29) is 16.3 Å². The van der Waals surface area contributed by atoms with Gasteiger partial charge in [0.25, 0.3) is 0 Å². The molecule has 9 nitrogen and oxygen atoms in total. The molecule has 0 bridgehead atoms. The summed E-state index contributed by atoms with van der Waals surface area (Å²) in [6.45, 7) is 0.602. The van der Waals surface area contributed by atoms with Gasteiger partial charge in [-0.1, -0.05) is 6.42 Å². The molecule has 0 radical (unpaired) electrons. The summed E-state index contributed by atoms with van der Waals surface area (Å²) in [5.41, 5.74) is 5.25. The van der Waals surface area contributed by atoms with Crippen LogP contribution in [0.4, 0.5) is 8.78 Å². The summed E-state index contributed by atoms with van der Waals surface area (Å²) >= 11 is 0. The molecule has 2 aromatic carbocycles. The molecule has 2 fully saturated rings. The monoisotopic (exact) mass is 554 g/mol. The second kappa shape index (κ2) is 12.1. The van der Waals surface area contributed by atoms with E-state index in [2.05, 4.69) is 0 Å².